The van der Waals surface area contributed by atoms with E-state index in [2.05, 4.69) is 20.0 Å². The van der Waals surface area contributed by atoms with Crippen LogP contribution in [0.15, 0.2) is 23.5 Å². The number of hydrogen-bond acceptors (Lipinski definition) is 4. The molecule has 2 heterocycles. The van der Waals surface area contributed by atoms with Crippen molar-refractivity contribution in [2.45, 2.75) is 24.9 Å². The molecule has 8 heteroatoms. The number of sulfonamides is 1. The third-order valence-electron chi connectivity index (χ3n) is 2.84. The van der Waals surface area contributed by atoms with Gasteiger partial charge in [-0.2, -0.15) is 10.2 Å². The van der Waals surface area contributed by atoms with Crippen LogP contribution in [0.2, 0.25) is 0 Å². The molecule has 0 amide bonds. The molecule has 2 aromatic heterocycles. The summed E-state index contributed by atoms with van der Waals surface area (Å²) in [4.78, 5) is 0. The summed E-state index contributed by atoms with van der Waals surface area (Å²) < 4.78 is 28.3. The van der Waals surface area contributed by atoms with Crippen LogP contribution in [0.5, 0.6) is 0 Å². The molecule has 18 heavy (non-hydrogen) atoms. The Morgan fingerprint density at radius 3 is 2.72 bits per heavy atom. The Morgan fingerprint density at radius 1 is 1.50 bits per heavy atom. The summed E-state index contributed by atoms with van der Waals surface area (Å²) >= 11 is 0. The fraction of sp³-hybridized carbons (Fsp3) is 0.400. The summed E-state index contributed by atoms with van der Waals surface area (Å²) in [5.41, 5.74) is 1.77. The van der Waals surface area contributed by atoms with E-state index in [1.807, 2.05) is 14.0 Å². The lowest BCUT2D eigenvalue weighted by molar-refractivity contribution is 0.562. The molecule has 2 rings (SSSR count). The first-order chi connectivity index (χ1) is 8.42. The van der Waals surface area contributed by atoms with Gasteiger partial charge in [-0.15, -0.1) is 0 Å². The van der Waals surface area contributed by atoms with E-state index in [0.29, 0.717) is 0 Å². The highest BCUT2D eigenvalue weighted by Crippen LogP contribution is 2.18. The first-order valence-electron chi connectivity index (χ1n) is 5.42. The summed E-state index contributed by atoms with van der Waals surface area (Å²) in [5.74, 6) is 0. The summed E-state index contributed by atoms with van der Waals surface area (Å²) in [6.07, 6.45) is 3.06. The van der Waals surface area contributed by atoms with E-state index in [-0.39, 0.29) is 11.1 Å². The van der Waals surface area contributed by atoms with Crippen molar-refractivity contribution in [1.82, 2.24) is 24.7 Å². The van der Waals surface area contributed by atoms with Crippen molar-refractivity contribution in [2.75, 3.05) is 0 Å². The number of nitrogens with zero attached hydrogens (tertiary/aromatic N) is 3. The Kier molecular flexibility index (Phi) is 3.22. The summed E-state index contributed by atoms with van der Waals surface area (Å²) in [6.45, 7) is 3.67. The highest BCUT2D eigenvalue weighted by atomic mass is 32.2. The zero-order valence-electron chi connectivity index (χ0n) is 10.4. The molecule has 98 valence electrons. The maximum absolute atomic E-state index is 12.0. The number of aromatic nitrogens is 4. The van der Waals surface area contributed by atoms with E-state index in [1.54, 1.807) is 17.8 Å². The van der Waals surface area contributed by atoms with Gasteiger partial charge in [0.25, 0.3) is 10.0 Å². The minimum Gasteiger partial charge on any atom is -0.273 e. The molecule has 0 aliphatic rings. The molecule has 7 nitrogen and oxygen atoms in total. The molecule has 2 N–H and O–H groups in total. The predicted molar refractivity (Wildman–Crippen MR) is 65.3 cm³/mol. The summed E-state index contributed by atoms with van der Waals surface area (Å²) in [6, 6.07) is 1.05. The molecule has 1 atom stereocenters. The molecule has 0 radical (unpaired) electrons. The van der Waals surface area contributed by atoms with Crippen molar-refractivity contribution >= 4 is 10.0 Å². The number of hydrogen-bond donors (Lipinski definition) is 2. The zero-order valence-corrected chi connectivity index (χ0v) is 11.2. The van der Waals surface area contributed by atoms with Gasteiger partial charge in [0.05, 0.1) is 12.4 Å². The minimum atomic E-state index is -3.58. The summed E-state index contributed by atoms with van der Waals surface area (Å²) in [5, 5.41) is 10.2. The lowest BCUT2D eigenvalue weighted by atomic mass is 10.1. The van der Waals surface area contributed by atoms with Gasteiger partial charge in [0, 0.05) is 24.3 Å². The molecular formula is C10H15N5O2S. The van der Waals surface area contributed by atoms with E-state index in [0.717, 1.165) is 11.3 Å². The molecule has 0 saturated heterocycles. The van der Waals surface area contributed by atoms with Crippen LogP contribution in [-0.2, 0) is 17.1 Å². The zero-order chi connectivity index (χ0) is 13.3. The highest BCUT2D eigenvalue weighted by Gasteiger charge is 2.21. The van der Waals surface area contributed by atoms with Crippen molar-refractivity contribution in [3.63, 3.8) is 0 Å². The Labute approximate surface area is 105 Å². The normalized spacial score (nSPS) is 13.7. The molecule has 0 spiro atoms. The van der Waals surface area contributed by atoms with Crippen molar-refractivity contribution in [1.29, 1.82) is 0 Å². The number of aromatic amines is 1. The van der Waals surface area contributed by atoms with Crippen LogP contribution in [0.1, 0.15) is 24.2 Å². The van der Waals surface area contributed by atoms with Gasteiger partial charge in [-0.05, 0) is 19.9 Å². The number of rotatable bonds is 4. The smallest absolute Gasteiger partial charge is 0.258 e. The first-order valence-corrected chi connectivity index (χ1v) is 6.90. The third-order valence-corrected chi connectivity index (χ3v) is 4.31. The van der Waals surface area contributed by atoms with Gasteiger partial charge < -0.3 is 0 Å². The molecule has 0 aliphatic heterocycles. The average molecular weight is 269 g/mol. The number of H-pyrrole nitrogens is 1. The predicted octanol–water partition coefficient (Wildman–Crippen LogP) is 0.491. The van der Waals surface area contributed by atoms with Crippen LogP contribution in [0, 0.1) is 6.92 Å². The van der Waals surface area contributed by atoms with Crippen molar-refractivity contribution < 1.29 is 8.42 Å². The molecule has 0 aromatic carbocycles. The average Bonchev–Trinajstić information content (AvgIpc) is 2.90. The lowest BCUT2D eigenvalue weighted by Gasteiger charge is -2.12. The van der Waals surface area contributed by atoms with Gasteiger partial charge in [-0.3, -0.25) is 9.78 Å². The standard InChI is InChI=1S/C10H15N5O2S/c1-7(9-6-12-15(3)8(9)2)14-18(16,17)10-4-5-11-13-10/h4-7,14H,1-3H3,(H,11,13). The molecule has 0 fully saturated rings. The lowest BCUT2D eigenvalue weighted by Crippen LogP contribution is -2.27. The topological polar surface area (TPSA) is 92.7 Å². The molecule has 2 aromatic rings. The molecule has 1 unspecified atom stereocenters. The Morgan fingerprint density at radius 2 is 2.22 bits per heavy atom. The van der Waals surface area contributed by atoms with Crippen molar-refractivity contribution in [2.24, 2.45) is 7.05 Å². The quantitative estimate of drug-likeness (QED) is 0.845. The van der Waals surface area contributed by atoms with Crippen LogP contribution >= 0.6 is 0 Å². The van der Waals surface area contributed by atoms with Crippen LogP contribution in [0.3, 0.4) is 0 Å². The third kappa shape index (κ3) is 2.29. The molecular weight excluding hydrogens is 254 g/mol. The van der Waals surface area contributed by atoms with Crippen LogP contribution in [-0.4, -0.2) is 28.4 Å². The first kappa shape index (κ1) is 12.8. The van der Waals surface area contributed by atoms with Gasteiger partial charge in [0.15, 0.2) is 5.03 Å². The van der Waals surface area contributed by atoms with E-state index in [4.69, 9.17) is 0 Å². The SMILES string of the molecule is Cc1c(C(C)NS(=O)(=O)c2ccn[nH]2)cnn1C. The van der Waals surface area contributed by atoms with E-state index < -0.39 is 10.0 Å². The maximum atomic E-state index is 12.0. The van der Waals surface area contributed by atoms with Crippen molar-refractivity contribution in [3.05, 3.63) is 29.7 Å². The van der Waals surface area contributed by atoms with E-state index in [1.165, 1.54) is 12.3 Å². The van der Waals surface area contributed by atoms with Gasteiger partial charge in [0.1, 0.15) is 0 Å². The fourth-order valence-electron chi connectivity index (χ4n) is 1.69. The van der Waals surface area contributed by atoms with Crippen LogP contribution in [0.25, 0.3) is 0 Å². The Hall–Kier alpha value is -1.67. The van der Waals surface area contributed by atoms with Gasteiger partial charge in [0.2, 0.25) is 0 Å². The molecule has 0 aliphatic carbocycles. The maximum Gasteiger partial charge on any atom is 0.258 e. The minimum absolute atomic E-state index is 0.0518. The number of nitrogens with one attached hydrogen (secondary N) is 2. The fourth-order valence-corrected chi connectivity index (χ4v) is 2.83. The van der Waals surface area contributed by atoms with Crippen LogP contribution in [0.4, 0.5) is 0 Å². The Bertz CT molecular complexity index is 629. The van der Waals surface area contributed by atoms with E-state index >= 15 is 0 Å². The highest BCUT2D eigenvalue weighted by molar-refractivity contribution is 7.89. The summed E-state index contributed by atoms with van der Waals surface area (Å²) in [7, 11) is -1.76. The second-order valence-corrected chi connectivity index (χ2v) is 5.76. The van der Waals surface area contributed by atoms with E-state index in [9.17, 15) is 8.42 Å². The molecule has 0 saturated carbocycles. The monoisotopic (exact) mass is 269 g/mol. The van der Waals surface area contributed by atoms with Gasteiger partial charge >= 0.3 is 0 Å². The van der Waals surface area contributed by atoms with Crippen molar-refractivity contribution in [3.8, 4) is 0 Å². The Balaban J connectivity index is 2.22. The van der Waals surface area contributed by atoms with Gasteiger partial charge in [-0.1, -0.05) is 0 Å². The largest absolute Gasteiger partial charge is 0.273 e. The second-order valence-electron chi connectivity index (χ2n) is 4.07. The van der Waals surface area contributed by atoms with Crippen LogP contribution < -0.4 is 4.72 Å². The second kappa shape index (κ2) is 4.54. The molecule has 0 bridgehead atoms. The van der Waals surface area contributed by atoms with Gasteiger partial charge in [-0.25, -0.2) is 13.1 Å². The number of aryl methyl sites for hydroxylation is 1.